The van der Waals surface area contributed by atoms with Crippen LogP contribution >= 0.6 is 11.6 Å². The summed E-state index contributed by atoms with van der Waals surface area (Å²) in [6, 6.07) is 1.56. The zero-order valence-corrected chi connectivity index (χ0v) is 6.58. The van der Waals surface area contributed by atoms with Gasteiger partial charge in [-0.25, -0.2) is 0 Å². The van der Waals surface area contributed by atoms with Crippen LogP contribution in [0, 0.1) is 0 Å². The third-order valence-corrected chi connectivity index (χ3v) is 1.38. The highest BCUT2D eigenvalue weighted by Crippen LogP contribution is 1.94. The lowest BCUT2D eigenvalue weighted by molar-refractivity contribution is 0.0995. The molecule has 0 fully saturated rings. The molecule has 0 atom stereocenters. The lowest BCUT2D eigenvalue weighted by Crippen LogP contribution is -2.12. The normalized spacial score (nSPS) is 9.91. The van der Waals surface area contributed by atoms with E-state index in [9.17, 15) is 4.79 Å². The largest absolute Gasteiger partial charge is 0.364 e. The molecule has 11 heavy (non-hydrogen) atoms. The highest BCUT2D eigenvalue weighted by atomic mass is 35.5. The number of amides is 1. The summed E-state index contributed by atoms with van der Waals surface area (Å²) in [6.45, 7) is 0.592. The van der Waals surface area contributed by atoms with Crippen LogP contribution in [0.1, 0.15) is 10.5 Å². The van der Waals surface area contributed by atoms with Gasteiger partial charge in [0.15, 0.2) is 0 Å². The number of alkyl halides is 1. The van der Waals surface area contributed by atoms with Crippen LogP contribution in [-0.2, 0) is 6.54 Å². The Morgan fingerprint density at radius 2 is 2.55 bits per heavy atom. The second-order valence-corrected chi connectivity index (χ2v) is 2.40. The van der Waals surface area contributed by atoms with Gasteiger partial charge < -0.3 is 5.73 Å². The lowest BCUT2D eigenvalue weighted by Gasteiger charge is -1.93. The Kier molecular flexibility index (Phi) is 2.48. The van der Waals surface area contributed by atoms with Crippen molar-refractivity contribution in [3.05, 3.63) is 18.0 Å². The zero-order chi connectivity index (χ0) is 8.27. The number of rotatable bonds is 3. The fourth-order valence-corrected chi connectivity index (χ4v) is 0.877. The number of aromatic nitrogens is 2. The summed E-state index contributed by atoms with van der Waals surface area (Å²) in [6.07, 6.45) is 1.67. The van der Waals surface area contributed by atoms with E-state index >= 15 is 0 Å². The number of hydrogen-bond acceptors (Lipinski definition) is 2. The smallest absolute Gasteiger partial charge is 0.269 e. The highest BCUT2D eigenvalue weighted by molar-refractivity contribution is 6.17. The standard InChI is InChI=1S/C6H8ClN3O/c7-2-4-10-3-1-5(9-10)6(8)11/h1,3H,2,4H2,(H2,8,11). The average Bonchev–Trinajstić information content (AvgIpc) is 2.37. The van der Waals surface area contributed by atoms with Crippen LogP contribution in [0.2, 0.25) is 0 Å². The topological polar surface area (TPSA) is 60.9 Å². The van der Waals surface area contributed by atoms with Crippen molar-refractivity contribution in [3.63, 3.8) is 0 Å². The van der Waals surface area contributed by atoms with Gasteiger partial charge in [-0.2, -0.15) is 5.10 Å². The van der Waals surface area contributed by atoms with Gasteiger partial charge in [-0.15, -0.1) is 11.6 Å². The summed E-state index contributed by atoms with van der Waals surface area (Å²) in [4.78, 5) is 10.5. The van der Waals surface area contributed by atoms with Crippen LogP contribution in [0.5, 0.6) is 0 Å². The van der Waals surface area contributed by atoms with Gasteiger partial charge in [0.2, 0.25) is 0 Å². The summed E-state index contributed by atoms with van der Waals surface area (Å²) in [7, 11) is 0. The molecule has 0 spiro atoms. The number of aryl methyl sites for hydroxylation is 1. The molecule has 1 rings (SSSR count). The molecule has 1 aromatic rings. The molecule has 0 aliphatic carbocycles. The predicted molar refractivity (Wildman–Crippen MR) is 41.5 cm³/mol. The fourth-order valence-electron chi connectivity index (χ4n) is 0.704. The number of primary amides is 1. The van der Waals surface area contributed by atoms with Crippen LogP contribution < -0.4 is 5.73 Å². The van der Waals surface area contributed by atoms with Gasteiger partial charge in [0.1, 0.15) is 5.69 Å². The van der Waals surface area contributed by atoms with Crippen LogP contribution in [0.3, 0.4) is 0 Å². The third-order valence-electron chi connectivity index (χ3n) is 1.21. The van der Waals surface area contributed by atoms with E-state index in [1.165, 1.54) is 0 Å². The Hall–Kier alpha value is -1.03. The van der Waals surface area contributed by atoms with E-state index in [-0.39, 0.29) is 5.69 Å². The molecular weight excluding hydrogens is 166 g/mol. The Bertz CT molecular complexity index is 258. The van der Waals surface area contributed by atoms with Crippen molar-refractivity contribution in [1.82, 2.24) is 9.78 Å². The van der Waals surface area contributed by atoms with Crippen molar-refractivity contribution in [3.8, 4) is 0 Å². The molecule has 4 nitrogen and oxygen atoms in total. The number of halogens is 1. The number of nitrogens with zero attached hydrogens (tertiary/aromatic N) is 2. The Balaban J connectivity index is 2.73. The quantitative estimate of drug-likeness (QED) is 0.665. The monoisotopic (exact) mass is 173 g/mol. The van der Waals surface area contributed by atoms with Gasteiger partial charge in [0, 0.05) is 12.1 Å². The van der Waals surface area contributed by atoms with Crippen molar-refractivity contribution >= 4 is 17.5 Å². The van der Waals surface area contributed by atoms with Gasteiger partial charge in [0.25, 0.3) is 5.91 Å². The first-order valence-electron chi connectivity index (χ1n) is 3.13. The highest BCUT2D eigenvalue weighted by Gasteiger charge is 2.02. The van der Waals surface area contributed by atoms with Gasteiger partial charge >= 0.3 is 0 Å². The summed E-state index contributed by atoms with van der Waals surface area (Å²) < 4.78 is 1.58. The van der Waals surface area contributed by atoms with E-state index in [1.807, 2.05) is 0 Å². The van der Waals surface area contributed by atoms with Crippen molar-refractivity contribution in [2.45, 2.75) is 6.54 Å². The second-order valence-electron chi connectivity index (χ2n) is 2.02. The van der Waals surface area contributed by atoms with Crippen molar-refractivity contribution in [1.29, 1.82) is 0 Å². The number of carbonyl (C=O) groups excluding carboxylic acids is 1. The summed E-state index contributed by atoms with van der Waals surface area (Å²) in [5.41, 5.74) is 5.25. The first-order valence-corrected chi connectivity index (χ1v) is 3.66. The molecule has 1 heterocycles. The van der Waals surface area contributed by atoms with E-state index in [0.29, 0.717) is 12.4 Å². The molecule has 60 valence electrons. The first kappa shape index (κ1) is 8.07. The summed E-state index contributed by atoms with van der Waals surface area (Å²) >= 11 is 5.45. The number of carbonyl (C=O) groups is 1. The van der Waals surface area contributed by atoms with Crippen LogP contribution in [0.25, 0.3) is 0 Å². The Morgan fingerprint density at radius 3 is 3.00 bits per heavy atom. The van der Waals surface area contributed by atoms with E-state index in [2.05, 4.69) is 5.10 Å². The van der Waals surface area contributed by atoms with Crippen LogP contribution in [0.15, 0.2) is 12.3 Å². The summed E-state index contributed by atoms with van der Waals surface area (Å²) in [5, 5.41) is 3.86. The van der Waals surface area contributed by atoms with E-state index in [0.717, 1.165) is 0 Å². The SMILES string of the molecule is NC(=O)c1ccn(CCCl)n1. The molecule has 0 aromatic carbocycles. The van der Waals surface area contributed by atoms with Gasteiger partial charge in [-0.3, -0.25) is 9.48 Å². The van der Waals surface area contributed by atoms with Crippen molar-refractivity contribution < 1.29 is 4.79 Å². The van der Waals surface area contributed by atoms with Gasteiger partial charge in [-0.1, -0.05) is 0 Å². The fraction of sp³-hybridized carbons (Fsp3) is 0.333. The maximum atomic E-state index is 10.5. The summed E-state index contributed by atoms with van der Waals surface area (Å²) in [5.74, 6) is -0.0433. The van der Waals surface area contributed by atoms with Crippen LogP contribution in [-0.4, -0.2) is 21.6 Å². The van der Waals surface area contributed by atoms with Crippen molar-refractivity contribution in [2.75, 3.05) is 5.88 Å². The number of hydrogen-bond donors (Lipinski definition) is 1. The molecule has 1 aromatic heterocycles. The van der Waals surface area contributed by atoms with E-state index in [1.54, 1.807) is 16.9 Å². The molecule has 1 amide bonds. The molecule has 0 unspecified atom stereocenters. The molecule has 0 radical (unpaired) electrons. The van der Waals surface area contributed by atoms with Crippen LogP contribution in [0.4, 0.5) is 0 Å². The minimum absolute atomic E-state index is 0.273. The molecule has 0 aliphatic heterocycles. The minimum atomic E-state index is -0.515. The molecule has 0 aliphatic rings. The Morgan fingerprint density at radius 1 is 1.82 bits per heavy atom. The number of nitrogens with two attached hydrogens (primary N) is 1. The molecule has 0 bridgehead atoms. The molecule has 5 heteroatoms. The lowest BCUT2D eigenvalue weighted by atomic mass is 10.4. The predicted octanol–water partition coefficient (Wildman–Crippen LogP) is 0.221. The molecule has 0 saturated heterocycles. The average molecular weight is 174 g/mol. The molecule has 0 saturated carbocycles. The maximum absolute atomic E-state index is 10.5. The van der Waals surface area contributed by atoms with Crippen molar-refractivity contribution in [2.24, 2.45) is 5.73 Å². The van der Waals surface area contributed by atoms with E-state index in [4.69, 9.17) is 17.3 Å². The Labute approximate surface area is 68.9 Å². The molecule has 2 N–H and O–H groups in total. The maximum Gasteiger partial charge on any atom is 0.269 e. The van der Waals surface area contributed by atoms with Gasteiger partial charge in [-0.05, 0) is 6.07 Å². The minimum Gasteiger partial charge on any atom is -0.364 e. The molecular formula is C6H8ClN3O. The third kappa shape index (κ3) is 1.94. The van der Waals surface area contributed by atoms with Gasteiger partial charge in [0.05, 0.1) is 6.54 Å². The zero-order valence-electron chi connectivity index (χ0n) is 5.83. The first-order chi connectivity index (χ1) is 5.24. The van der Waals surface area contributed by atoms with E-state index < -0.39 is 5.91 Å². The second kappa shape index (κ2) is 3.39.